The molecule has 0 saturated heterocycles. The van der Waals surface area contributed by atoms with Crippen molar-refractivity contribution in [1.82, 2.24) is 5.32 Å². The lowest BCUT2D eigenvalue weighted by molar-refractivity contribution is 0.330. The fourth-order valence-corrected chi connectivity index (χ4v) is 3.48. The summed E-state index contributed by atoms with van der Waals surface area (Å²) in [6.45, 7) is 4.68. The lowest BCUT2D eigenvalue weighted by Gasteiger charge is -2.26. The first-order chi connectivity index (χ1) is 6.90. The van der Waals surface area contributed by atoms with Crippen LogP contribution in [0.3, 0.4) is 0 Å². The molecule has 3 aliphatic rings. The average molecular weight is 187 g/mol. The first-order valence-electron chi connectivity index (χ1n) is 5.61. The molecule has 0 aromatic rings. The monoisotopic (exact) mass is 187 g/mol. The van der Waals surface area contributed by atoms with Crippen LogP contribution >= 0.6 is 0 Å². The molecule has 1 nitrogen and oxygen atoms in total. The first-order valence-corrected chi connectivity index (χ1v) is 5.61. The van der Waals surface area contributed by atoms with Gasteiger partial charge in [0.2, 0.25) is 0 Å². The second kappa shape index (κ2) is 3.09. The maximum atomic E-state index is 3.75. The molecule has 3 aliphatic carbocycles. The van der Waals surface area contributed by atoms with E-state index in [1.54, 1.807) is 0 Å². The molecule has 0 spiro atoms. The smallest absolute Gasteiger partial charge is 0.0292 e. The lowest BCUT2D eigenvalue weighted by Crippen LogP contribution is -2.36. The van der Waals surface area contributed by atoms with Crippen molar-refractivity contribution in [3.05, 3.63) is 37.0 Å². The van der Waals surface area contributed by atoms with Crippen molar-refractivity contribution >= 4 is 0 Å². The van der Waals surface area contributed by atoms with E-state index >= 15 is 0 Å². The van der Waals surface area contributed by atoms with Crippen molar-refractivity contribution in [2.24, 2.45) is 23.7 Å². The zero-order chi connectivity index (χ0) is 9.54. The van der Waals surface area contributed by atoms with Crippen LogP contribution in [0.1, 0.15) is 6.42 Å². The summed E-state index contributed by atoms with van der Waals surface area (Å²) in [5, 5.41) is 3.55. The Balaban J connectivity index is 1.76. The summed E-state index contributed by atoms with van der Waals surface area (Å²) >= 11 is 0. The van der Waals surface area contributed by atoms with Crippen LogP contribution in [-0.2, 0) is 0 Å². The molecule has 0 aromatic carbocycles. The molecule has 0 aromatic heterocycles. The summed E-state index contributed by atoms with van der Waals surface area (Å²) < 4.78 is 0. The molecule has 0 heterocycles. The molecule has 0 radical (unpaired) electrons. The normalized spacial score (nSPS) is 47.3. The third-order valence-electron chi connectivity index (χ3n) is 4.04. The number of hydrogen-bond donors (Lipinski definition) is 1. The molecule has 0 aliphatic heterocycles. The van der Waals surface area contributed by atoms with E-state index in [9.17, 15) is 0 Å². The van der Waals surface area contributed by atoms with E-state index in [0.29, 0.717) is 6.04 Å². The molecular weight excluding hydrogens is 170 g/mol. The summed E-state index contributed by atoms with van der Waals surface area (Å²) in [6.07, 6.45) is 13.0. The van der Waals surface area contributed by atoms with E-state index in [1.807, 2.05) is 6.08 Å². The fraction of sp³-hybridized carbons (Fsp3) is 0.538. The summed E-state index contributed by atoms with van der Waals surface area (Å²) in [6, 6.07) is 0.595. The number of fused-ring (bicyclic) bond motifs is 5. The van der Waals surface area contributed by atoms with Crippen molar-refractivity contribution in [2.45, 2.75) is 12.5 Å². The summed E-state index contributed by atoms with van der Waals surface area (Å²) in [5.41, 5.74) is 0. The molecule has 5 atom stereocenters. The van der Waals surface area contributed by atoms with Crippen molar-refractivity contribution in [3.63, 3.8) is 0 Å². The highest BCUT2D eigenvalue weighted by molar-refractivity contribution is 5.26. The van der Waals surface area contributed by atoms with Crippen LogP contribution in [-0.4, -0.2) is 12.6 Å². The van der Waals surface area contributed by atoms with Crippen LogP contribution in [0.15, 0.2) is 37.0 Å². The number of allylic oxidation sites excluding steroid dienone is 3. The Morgan fingerprint density at radius 2 is 2.07 bits per heavy atom. The van der Waals surface area contributed by atoms with Gasteiger partial charge >= 0.3 is 0 Å². The molecule has 1 N–H and O–H groups in total. The minimum atomic E-state index is 0.595. The second-order valence-electron chi connectivity index (χ2n) is 4.71. The van der Waals surface area contributed by atoms with Crippen LogP contribution in [0.2, 0.25) is 0 Å². The molecule has 2 bridgehead atoms. The lowest BCUT2D eigenvalue weighted by atomic mass is 9.83. The minimum absolute atomic E-state index is 0.595. The number of hydrogen-bond acceptors (Lipinski definition) is 1. The topological polar surface area (TPSA) is 12.0 Å². The molecule has 74 valence electrons. The van der Waals surface area contributed by atoms with E-state index in [1.165, 1.54) is 6.42 Å². The van der Waals surface area contributed by atoms with E-state index in [4.69, 9.17) is 0 Å². The largest absolute Gasteiger partial charge is 0.307 e. The fourth-order valence-electron chi connectivity index (χ4n) is 3.48. The van der Waals surface area contributed by atoms with Gasteiger partial charge in [0.05, 0.1) is 0 Å². The van der Waals surface area contributed by atoms with Gasteiger partial charge in [-0.2, -0.15) is 0 Å². The van der Waals surface area contributed by atoms with Gasteiger partial charge in [-0.25, -0.2) is 0 Å². The van der Waals surface area contributed by atoms with Gasteiger partial charge in [0.25, 0.3) is 0 Å². The Morgan fingerprint density at radius 3 is 2.93 bits per heavy atom. The Hall–Kier alpha value is -0.820. The van der Waals surface area contributed by atoms with Gasteiger partial charge in [0.1, 0.15) is 0 Å². The van der Waals surface area contributed by atoms with Crippen molar-refractivity contribution in [2.75, 3.05) is 6.54 Å². The summed E-state index contributed by atoms with van der Waals surface area (Å²) in [7, 11) is 0. The number of rotatable bonds is 3. The summed E-state index contributed by atoms with van der Waals surface area (Å²) in [4.78, 5) is 0. The SMILES string of the molecule is C=CCN[C@@H]1C=C[C@H]2[C@@H]1[C@H]1C=C[C@@H]2C1. The first kappa shape index (κ1) is 8.49. The highest BCUT2D eigenvalue weighted by Crippen LogP contribution is 2.52. The quantitative estimate of drug-likeness (QED) is 0.667. The van der Waals surface area contributed by atoms with Crippen LogP contribution in [0.25, 0.3) is 0 Å². The van der Waals surface area contributed by atoms with E-state index in [2.05, 4.69) is 36.2 Å². The van der Waals surface area contributed by atoms with E-state index in [0.717, 1.165) is 30.2 Å². The molecule has 1 heteroatoms. The van der Waals surface area contributed by atoms with Crippen LogP contribution in [0.5, 0.6) is 0 Å². The van der Waals surface area contributed by atoms with Crippen LogP contribution in [0, 0.1) is 23.7 Å². The van der Waals surface area contributed by atoms with Gasteiger partial charge in [-0.3, -0.25) is 0 Å². The third-order valence-corrected chi connectivity index (χ3v) is 4.04. The molecule has 0 unspecified atom stereocenters. The third kappa shape index (κ3) is 1.05. The van der Waals surface area contributed by atoms with Gasteiger partial charge in [-0.05, 0) is 30.1 Å². The maximum Gasteiger partial charge on any atom is 0.0292 e. The maximum absolute atomic E-state index is 3.75. The predicted octanol–water partition coefficient (Wildman–Crippen LogP) is 2.14. The van der Waals surface area contributed by atoms with Crippen LogP contribution < -0.4 is 5.32 Å². The Bertz CT molecular complexity index is 302. The predicted molar refractivity (Wildman–Crippen MR) is 58.8 cm³/mol. The Morgan fingerprint density at radius 1 is 1.21 bits per heavy atom. The van der Waals surface area contributed by atoms with E-state index < -0.39 is 0 Å². The summed E-state index contributed by atoms with van der Waals surface area (Å²) in [5.74, 6) is 3.34. The van der Waals surface area contributed by atoms with Crippen molar-refractivity contribution < 1.29 is 0 Å². The second-order valence-corrected chi connectivity index (χ2v) is 4.71. The highest BCUT2D eigenvalue weighted by Gasteiger charge is 2.48. The molecule has 1 fully saturated rings. The van der Waals surface area contributed by atoms with E-state index in [-0.39, 0.29) is 0 Å². The average Bonchev–Trinajstić information content (AvgIpc) is 2.87. The van der Waals surface area contributed by atoms with Gasteiger partial charge in [-0.15, -0.1) is 6.58 Å². The molecular formula is C13H17N. The highest BCUT2D eigenvalue weighted by atomic mass is 14.9. The van der Waals surface area contributed by atoms with Crippen molar-refractivity contribution in [1.29, 1.82) is 0 Å². The molecule has 1 saturated carbocycles. The van der Waals surface area contributed by atoms with Gasteiger partial charge < -0.3 is 5.32 Å². The number of nitrogens with one attached hydrogen (secondary N) is 1. The zero-order valence-corrected chi connectivity index (χ0v) is 8.39. The molecule has 3 rings (SSSR count). The van der Waals surface area contributed by atoms with Gasteiger partial charge in [-0.1, -0.05) is 30.4 Å². The minimum Gasteiger partial charge on any atom is -0.307 e. The Labute approximate surface area is 85.6 Å². The standard InChI is InChI=1S/C13H17N/c1-2-7-14-12-6-5-11-9-3-4-10(8-9)13(11)12/h2-6,9-14H,1,7-8H2/t9-,10+,11-,12-,13+/m1/s1. The molecule has 0 amide bonds. The van der Waals surface area contributed by atoms with Gasteiger partial charge in [0.15, 0.2) is 0 Å². The van der Waals surface area contributed by atoms with Gasteiger partial charge in [0, 0.05) is 12.6 Å². The molecule has 14 heavy (non-hydrogen) atoms. The Kier molecular flexibility index (Phi) is 1.88. The van der Waals surface area contributed by atoms with Crippen molar-refractivity contribution in [3.8, 4) is 0 Å². The van der Waals surface area contributed by atoms with Crippen LogP contribution in [0.4, 0.5) is 0 Å². The zero-order valence-electron chi connectivity index (χ0n) is 8.39.